The number of benzene rings is 1. The van der Waals surface area contributed by atoms with Crippen LogP contribution in [0.4, 0.5) is 5.69 Å². The van der Waals surface area contributed by atoms with Gasteiger partial charge in [0.2, 0.25) is 11.8 Å². The van der Waals surface area contributed by atoms with Crippen LogP contribution in [0.3, 0.4) is 0 Å². The molecule has 5 heteroatoms. The van der Waals surface area contributed by atoms with Crippen molar-refractivity contribution in [3.05, 3.63) is 24.3 Å². The Balaban J connectivity index is 2.02. The van der Waals surface area contributed by atoms with Gasteiger partial charge in [-0.3, -0.25) is 9.59 Å². The van der Waals surface area contributed by atoms with Crippen molar-refractivity contribution in [2.45, 2.75) is 39.2 Å². The summed E-state index contributed by atoms with van der Waals surface area (Å²) in [5.74, 6) is 0.677. The smallest absolute Gasteiger partial charge is 0.247 e. The molecule has 1 aromatic rings. The number of likely N-dealkylation sites (tertiary alicyclic amines) is 1. The van der Waals surface area contributed by atoms with E-state index in [2.05, 4.69) is 5.32 Å². The molecular weight excluding hydrogens is 280 g/mol. The van der Waals surface area contributed by atoms with Crippen molar-refractivity contribution in [3.8, 4) is 5.75 Å². The number of ether oxygens (including phenoxy) is 1. The molecule has 2 amide bonds. The van der Waals surface area contributed by atoms with Crippen molar-refractivity contribution in [1.82, 2.24) is 4.90 Å². The van der Waals surface area contributed by atoms with Crippen molar-refractivity contribution in [2.24, 2.45) is 5.92 Å². The van der Waals surface area contributed by atoms with Gasteiger partial charge >= 0.3 is 0 Å². The first-order valence-corrected chi connectivity index (χ1v) is 7.82. The van der Waals surface area contributed by atoms with Gasteiger partial charge in [-0.15, -0.1) is 0 Å². The molecule has 2 rings (SSSR count). The molecule has 0 spiro atoms. The zero-order valence-electron chi connectivity index (χ0n) is 13.5. The lowest BCUT2D eigenvalue weighted by molar-refractivity contribution is -0.139. The molecule has 0 aliphatic carbocycles. The Morgan fingerprint density at radius 1 is 1.36 bits per heavy atom. The number of hydrogen-bond acceptors (Lipinski definition) is 3. The molecule has 1 aliphatic rings. The number of carbonyl (C=O) groups excluding carboxylic acids is 2. The summed E-state index contributed by atoms with van der Waals surface area (Å²) >= 11 is 0. The molecule has 0 bridgehead atoms. The van der Waals surface area contributed by atoms with Gasteiger partial charge in [0.1, 0.15) is 11.8 Å². The first kappa shape index (κ1) is 16.3. The Kier molecular flexibility index (Phi) is 5.41. The average molecular weight is 304 g/mol. The fraction of sp³-hybridized carbons (Fsp3) is 0.529. The number of nitrogens with one attached hydrogen (secondary N) is 1. The van der Waals surface area contributed by atoms with E-state index in [1.54, 1.807) is 36.3 Å². The first-order valence-electron chi connectivity index (χ1n) is 7.82. The number of carbonyl (C=O) groups is 2. The van der Waals surface area contributed by atoms with E-state index in [9.17, 15) is 9.59 Å². The van der Waals surface area contributed by atoms with Crippen LogP contribution in [0.1, 0.15) is 33.1 Å². The van der Waals surface area contributed by atoms with Gasteiger partial charge < -0.3 is 15.0 Å². The molecule has 0 unspecified atom stereocenters. The van der Waals surface area contributed by atoms with Gasteiger partial charge in [0.05, 0.1) is 7.11 Å². The van der Waals surface area contributed by atoms with Crippen LogP contribution in [0.25, 0.3) is 0 Å². The molecule has 5 nitrogen and oxygen atoms in total. The van der Waals surface area contributed by atoms with Crippen LogP contribution in [0.5, 0.6) is 5.75 Å². The zero-order valence-corrected chi connectivity index (χ0v) is 13.5. The second-order valence-corrected chi connectivity index (χ2v) is 5.72. The predicted octanol–water partition coefficient (Wildman–Crippen LogP) is 2.67. The van der Waals surface area contributed by atoms with E-state index in [-0.39, 0.29) is 23.8 Å². The second-order valence-electron chi connectivity index (χ2n) is 5.72. The van der Waals surface area contributed by atoms with Crippen LogP contribution in [0.2, 0.25) is 0 Å². The van der Waals surface area contributed by atoms with Gasteiger partial charge in [0, 0.05) is 18.2 Å². The molecule has 1 aliphatic heterocycles. The van der Waals surface area contributed by atoms with Crippen LogP contribution in [0.15, 0.2) is 24.3 Å². The summed E-state index contributed by atoms with van der Waals surface area (Å²) in [6.45, 7) is 4.58. The summed E-state index contributed by atoms with van der Waals surface area (Å²) < 4.78 is 5.10. The summed E-state index contributed by atoms with van der Waals surface area (Å²) in [7, 11) is 1.60. The Labute approximate surface area is 131 Å². The molecule has 1 fully saturated rings. The molecule has 0 aromatic heterocycles. The molecule has 22 heavy (non-hydrogen) atoms. The molecule has 1 aromatic carbocycles. The quantitative estimate of drug-likeness (QED) is 0.910. The standard InChI is InChI=1S/C17H24N2O3/c1-4-12(2)17(21)19-11-5-6-15(19)16(20)18-13-7-9-14(22-3)10-8-13/h7-10,12,15H,4-6,11H2,1-3H3,(H,18,20)/t12-,15-/m0/s1. The summed E-state index contributed by atoms with van der Waals surface area (Å²) in [6.07, 6.45) is 2.40. The summed E-state index contributed by atoms with van der Waals surface area (Å²) in [5, 5.41) is 2.89. The molecule has 1 heterocycles. The Morgan fingerprint density at radius 2 is 2.05 bits per heavy atom. The third-order valence-electron chi connectivity index (χ3n) is 4.23. The lowest BCUT2D eigenvalue weighted by Gasteiger charge is -2.26. The van der Waals surface area contributed by atoms with Crippen molar-refractivity contribution in [3.63, 3.8) is 0 Å². The summed E-state index contributed by atoms with van der Waals surface area (Å²) in [6, 6.07) is 6.83. The van der Waals surface area contributed by atoms with Crippen LogP contribution < -0.4 is 10.1 Å². The molecule has 1 N–H and O–H groups in total. The second kappa shape index (κ2) is 7.29. The number of rotatable bonds is 5. The summed E-state index contributed by atoms with van der Waals surface area (Å²) in [5.41, 5.74) is 0.716. The Bertz CT molecular complexity index is 527. The molecule has 0 radical (unpaired) electrons. The van der Waals surface area contributed by atoms with Gasteiger partial charge in [-0.25, -0.2) is 0 Å². The van der Waals surface area contributed by atoms with Gasteiger partial charge in [-0.1, -0.05) is 13.8 Å². The highest BCUT2D eigenvalue weighted by molar-refractivity contribution is 5.97. The minimum Gasteiger partial charge on any atom is -0.497 e. The van der Waals surface area contributed by atoms with Crippen molar-refractivity contribution >= 4 is 17.5 Å². The predicted molar refractivity (Wildman–Crippen MR) is 85.8 cm³/mol. The fourth-order valence-corrected chi connectivity index (χ4v) is 2.66. The number of amides is 2. The topological polar surface area (TPSA) is 58.6 Å². The third kappa shape index (κ3) is 3.59. The highest BCUT2D eigenvalue weighted by Crippen LogP contribution is 2.23. The maximum atomic E-state index is 12.5. The minimum atomic E-state index is -0.358. The van der Waals surface area contributed by atoms with E-state index in [1.165, 1.54) is 0 Å². The molecular formula is C17H24N2O3. The lowest BCUT2D eigenvalue weighted by atomic mass is 10.1. The van der Waals surface area contributed by atoms with E-state index in [0.717, 1.165) is 25.0 Å². The van der Waals surface area contributed by atoms with Gasteiger partial charge in [0.25, 0.3) is 0 Å². The minimum absolute atomic E-state index is 0.0330. The van der Waals surface area contributed by atoms with Gasteiger partial charge in [-0.2, -0.15) is 0 Å². The van der Waals surface area contributed by atoms with E-state index in [1.807, 2.05) is 13.8 Å². The fourth-order valence-electron chi connectivity index (χ4n) is 2.66. The maximum Gasteiger partial charge on any atom is 0.247 e. The lowest BCUT2D eigenvalue weighted by Crippen LogP contribution is -2.45. The molecule has 2 atom stereocenters. The van der Waals surface area contributed by atoms with E-state index < -0.39 is 0 Å². The van der Waals surface area contributed by atoms with Crippen molar-refractivity contribution in [1.29, 1.82) is 0 Å². The number of nitrogens with zero attached hydrogens (tertiary/aromatic N) is 1. The first-order chi connectivity index (χ1) is 10.6. The zero-order chi connectivity index (χ0) is 16.1. The van der Waals surface area contributed by atoms with Crippen LogP contribution in [-0.4, -0.2) is 36.4 Å². The van der Waals surface area contributed by atoms with Crippen LogP contribution >= 0.6 is 0 Å². The Hall–Kier alpha value is -2.04. The number of methoxy groups -OCH3 is 1. The highest BCUT2D eigenvalue weighted by Gasteiger charge is 2.35. The monoisotopic (exact) mass is 304 g/mol. The SMILES string of the molecule is CC[C@H](C)C(=O)N1CCC[C@H]1C(=O)Nc1ccc(OC)cc1. The van der Waals surface area contributed by atoms with E-state index >= 15 is 0 Å². The third-order valence-corrected chi connectivity index (χ3v) is 4.23. The van der Waals surface area contributed by atoms with Gasteiger partial charge in [0.15, 0.2) is 0 Å². The Morgan fingerprint density at radius 3 is 2.64 bits per heavy atom. The van der Waals surface area contributed by atoms with Crippen LogP contribution in [-0.2, 0) is 9.59 Å². The normalized spacial score (nSPS) is 18.9. The van der Waals surface area contributed by atoms with E-state index in [4.69, 9.17) is 4.74 Å². The largest absolute Gasteiger partial charge is 0.497 e. The average Bonchev–Trinajstić information content (AvgIpc) is 3.03. The number of anilines is 1. The van der Waals surface area contributed by atoms with Crippen molar-refractivity contribution < 1.29 is 14.3 Å². The maximum absolute atomic E-state index is 12.5. The van der Waals surface area contributed by atoms with E-state index in [0.29, 0.717) is 12.2 Å². The highest BCUT2D eigenvalue weighted by atomic mass is 16.5. The molecule has 1 saturated heterocycles. The van der Waals surface area contributed by atoms with Gasteiger partial charge in [-0.05, 0) is 43.5 Å². The van der Waals surface area contributed by atoms with Crippen LogP contribution in [0, 0.1) is 5.92 Å². The number of hydrogen-bond donors (Lipinski definition) is 1. The molecule has 0 saturated carbocycles. The van der Waals surface area contributed by atoms with Crippen molar-refractivity contribution in [2.75, 3.05) is 19.0 Å². The molecule has 120 valence electrons. The summed E-state index contributed by atoms with van der Waals surface area (Å²) in [4.78, 5) is 26.5.